The van der Waals surface area contributed by atoms with Crippen molar-refractivity contribution in [3.63, 3.8) is 0 Å². The van der Waals surface area contributed by atoms with Gasteiger partial charge in [-0.2, -0.15) is 0 Å². The minimum atomic E-state index is -1.02. The number of aliphatic carboxylic acids is 1. The number of carboxylic acid groups (broad SMARTS) is 1. The first-order valence-electron chi connectivity index (χ1n) is 5.86. The molecular formula is C13H14FNO4. The molecule has 1 aromatic carbocycles. The summed E-state index contributed by atoms with van der Waals surface area (Å²) in [6, 6.07) is 3.91. The molecule has 102 valence electrons. The van der Waals surface area contributed by atoms with E-state index in [2.05, 4.69) is 5.32 Å². The molecule has 1 fully saturated rings. The molecule has 1 amide bonds. The number of piperidine rings is 1. The molecule has 19 heavy (non-hydrogen) atoms. The SMILES string of the molecule is COc1ccc(F)cc1C1CC(=O)NCC1C(=O)O. The maximum Gasteiger partial charge on any atom is 0.308 e. The maximum atomic E-state index is 13.4. The van der Waals surface area contributed by atoms with Crippen LogP contribution in [0.2, 0.25) is 0 Å². The van der Waals surface area contributed by atoms with Crippen molar-refractivity contribution >= 4 is 11.9 Å². The first-order valence-corrected chi connectivity index (χ1v) is 5.86. The number of benzene rings is 1. The zero-order valence-electron chi connectivity index (χ0n) is 10.4. The lowest BCUT2D eigenvalue weighted by atomic mass is 9.80. The molecule has 2 unspecified atom stereocenters. The Labute approximate surface area is 109 Å². The Hall–Kier alpha value is -2.11. The third kappa shape index (κ3) is 2.67. The predicted molar refractivity (Wildman–Crippen MR) is 64.4 cm³/mol. The standard InChI is InChI=1S/C13H14FNO4/c1-19-11-3-2-7(14)4-9(11)8-5-12(16)15-6-10(8)13(17)18/h2-4,8,10H,5-6H2,1H3,(H,15,16)(H,17,18). The predicted octanol–water partition coefficient (Wildman–Crippen LogP) is 1.14. The van der Waals surface area contributed by atoms with Crippen LogP contribution in [0.3, 0.4) is 0 Å². The van der Waals surface area contributed by atoms with Crippen LogP contribution in [0.5, 0.6) is 5.75 Å². The van der Waals surface area contributed by atoms with Gasteiger partial charge in [-0.25, -0.2) is 4.39 Å². The normalized spacial score (nSPS) is 22.7. The molecule has 1 aliphatic heterocycles. The molecule has 0 spiro atoms. The molecule has 0 bridgehead atoms. The average Bonchev–Trinajstić information content (AvgIpc) is 2.38. The molecule has 0 aromatic heterocycles. The smallest absolute Gasteiger partial charge is 0.308 e. The summed E-state index contributed by atoms with van der Waals surface area (Å²) in [4.78, 5) is 22.7. The number of carbonyl (C=O) groups excluding carboxylic acids is 1. The number of rotatable bonds is 3. The zero-order chi connectivity index (χ0) is 14.0. The van der Waals surface area contributed by atoms with Gasteiger partial charge in [0, 0.05) is 24.4 Å². The van der Waals surface area contributed by atoms with Crippen LogP contribution in [0.25, 0.3) is 0 Å². The minimum Gasteiger partial charge on any atom is -0.496 e. The topological polar surface area (TPSA) is 75.6 Å². The summed E-state index contributed by atoms with van der Waals surface area (Å²) < 4.78 is 18.5. The molecule has 1 aliphatic rings. The van der Waals surface area contributed by atoms with Crippen LogP contribution in [0.4, 0.5) is 4.39 Å². The van der Waals surface area contributed by atoms with Gasteiger partial charge in [0.25, 0.3) is 0 Å². The summed E-state index contributed by atoms with van der Waals surface area (Å²) >= 11 is 0. The fraction of sp³-hybridized carbons (Fsp3) is 0.385. The summed E-state index contributed by atoms with van der Waals surface area (Å²) in [5.74, 6) is -2.71. The van der Waals surface area contributed by atoms with Crippen molar-refractivity contribution in [3.8, 4) is 5.75 Å². The van der Waals surface area contributed by atoms with Crippen molar-refractivity contribution in [2.45, 2.75) is 12.3 Å². The number of ether oxygens (including phenoxy) is 1. The number of carboxylic acids is 1. The van der Waals surface area contributed by atoms with E-state index in [9.17, 15) is 19.1 Å². The van der Waals surface area contributed by atoms with E-state index in [0.29, 0.717) is 11.3 Å². The van der Waals surface area contributed by atoms with Gasteiger partial charge >= 0.3 is 5.97 Å². The zero-order valence-corrected chi connectivity index (χ0v) is 10.4. The third-order valence-electron chi connectivity index (χ3n) is 3.32. The van der Waals surface area contributed by atoms with Crippen LogP contribution in [0, 0.1) is 11.7 Å². The van der Waals surface area contributed by atoms with E-state index in [1.165, 1.54) is 25.3 Å². The average molecular weight is 267 g/mol. The lowest BCUT2D eigenvalue weighted by Crippen LogP contribution is -2.43. The summed E-state index contributed by atoms with van der Waals surface area (Å²) in [7, 11) is 1.43. The molecule has 5 nitrogen and oxygen atoms in total. The largest absolute Gasteiger partial charge is 0.496 e. The van der Waals surface area contributed by atoms with Crippen molar-refractivity contribution in [3.05, 3.63) is 29.6 Å². The van der Waals surface area contributed by atoms with Crippen LogP contribution in [0.15, 0.2) is 18.2 Å². The van der Waals surface area contributed by atoms with Gasteiger partial charge in [-0.1, -0.05) is 0 Å². The Balaban J connectivity index is 2.43. The number of hydrogen-bond acceptors (Lipinski definition) is 3. The van der Waals surface area contributed by atoms with Crippen molar-refractivity contribution in [2.24, 2.45) is 5.92 Å². The van der Waals surface area contributed by atoms with Gasteiger partial charge in [0.2, 0.25) is 5.91 Å². The Morgan fingerprint density at radius 1 is 1.53 bits per heavy atom. The summed E-state index contributed by atoms with van der Waals surface area (Å²) in [6.07, 6.45) is 0.0107. The second-order valence-corrected chi connectivity index (χ2v) is 4.45. The fourth-order valence-electron chi connectivity index (χ4n) is 2.36. The third-order valence-corrected chi connectivity index (χ3v) is 3.32. The second-order valence-electron chi connectivity index (χ2n) is 4.45. The Morgan fingerprint density at radius 2 is 2.26 bits per heavy atom. The Morgan fingerprint density at radius 3 is 2.89 bits per heavy atom. The highest BCUT2D eigenvalue weighted by atomic mass is 19.1. The number of halogens is 1. The van der Waals surface area contributed by atoms with Crippen LogP contribution >= 0.6 is 0 Å². The van der Waals surface area contributed by atoms with Gasteiger partial charge in [-0.3, -0.25) is 9.59 Å². The van der Waals surface area contributed by atoms with E-state index >= 15 is 0 Å². The summed E-state index contributed by atoms with van der Waals surface area (Å²) in [5, 5.41) is 11.7. The molecule has 0 saturated carbocycles. The first-order chi connectivity index (χ1) is 9.02. The van der Waals surface area contributed by atoms with Gasteiger partial charge in [0.05, 0.1) is 13.0 Å². The lowest BCUT2D eigenvalue weighted by Gasteiger charge is -2.29. The van der Waals surface area contributed by atoms with E-state index in [-0.39, 0.29) is 18.9 Å². The van der Waals surface area contributed by atoms with Crippen molar-refractivity contribution in [1.29, 1.82) is 0 Å². The molecule has 2 atom stereocenters. The monoisotopic (exact) mass is 267 g/mol. The molecule has 0 aliphatic carbocycles. The van der Waals surface area contributed by atoms with E-state index in [1.54, 1.807) is 0 Å². The number of carbonyl (C=O) groups is 2. The van der Waals surface area contributed by atoms with Crippen LogP contribution in [-0.4, -0.2) is 30.6 Å². The summed E-state index contributed by atoms with van der Waals surface area (Å²) in [6.45, 7) is 0.0402. The van der Waals surface area contributed by atoms with Gasteiger partial charge in [0.15, 0.2) is 0 Å². The van der Waals surface area contributed by atoms with Crippen LogP contribution < -0.4 is 10.1 Å². The fourth-order valence-corrected chi connectivity index (χ4v) is 2.36. The second kappa shape index (κ2) is 5.26. The lowest BCUT2D eigenvalue weighted by molar-refractivity contribution is -0.144. The highest BCUT2D eigenvalue weighted by Crippen LogP contribution is 2.36. The molecule has 1 aromatic rings. The van der Waals surface area contributed by atoms with Gasteiger partial charge < -0.3 is 15.2 Å². The Kier molecular flexibility index (Phi) is 3.69. The highest BCUT2D eigenvalue weighted by Gasteiger charge is 2.36. The number of nitrogens with one attached hydrogen (secondary N) is 1. The quantitative estimate of drug-likeness (QED) is 0.861. The van der Waals surface area contributed by atoms with Gasteiger partial charge in [0.1, 0.15) is 11.6 Å². The van der Waals surface area contributed by atoms with E-state index in [4.69, 9.17) is 4.74 Å². The Bertz CT molecular complexity index is 517. The van der Waals surface area contributed by atoms with Crippen molar-refractivity contribution < 1.29 is 23.8 Å². The number of amides is 1. The van der Waals surface area contributed by atoms with Crippen molar-refractivity contribution in [1.82, 2.24) is 5.32 Å². The molecular weight excluding hydrogens is 253 g/mol. The molecule has 2 rings (SSSR count). The van der Waals surface area contributed by atoms with Crippen LogP contribution in [-0.2, 0) is 9.59 Å². The number of hydrogen-bond donors (Lipinski definition) is 2. The van der Waals surface area contributed by atoms with Crippen molar-refractivity contribution in [2.75, 3.05) is 13.7 Å². The van der Waals surface area contributed by atoms with Gasteiger partial charge in [-0.05, 0) is 18.2 Å². The maximum absolute atomic E-state index is 13.4. The minimum absolute atomic E-state index is 0.0107. The van der Waals surface area contributed by atoms with E-state index in [0.717, 1.165) is 0 Å². The van der Waals surface area contributed by atoms with Gasteiger partial charge in [-0.15, -0.1) is 0 Å². The van der Waals surface area contributed by atoms with Crippen LogP contribution in [0.1, 0.15) is 17.9 Å². The first kappa shape index (κ1) is 13.3. The molecule has 1 heterocycles. The highest BCUT2D eigenvalue weighted by molar-refractivity contribution is 5.82. The molecule has 0 radical (unpaired) electrons. The molecule has 1 saturated heterocycles. The van der Waals surface area contributed by atoms with E-state index in [1.807, 2.05) is 0 Å². The molecule has 6 heteroatoms. The number of methoxy groups -OCH3 is 1. The molecule has 2 N–H and O–H groups in total. The summed E-state index contributed by atoms with van der Waals surface area (Å²) in [5.41, 5.74) is 0.421. The van der Waals surface area contributed by atoms with E-state index < -0.39 is 23.6 Å².